The number of rotatable bonds is 2. The molecule has 0 spiro atoms. The van der Waals surface area contributed by atoms with Crippen molar-refractivity contribution in [2.24, 2.45) is 3.77 Å². The molecule has 0 bridgehead atoms. The van der Waals surface area contributed by atoms with E-state index in [2.05, 4.69) is 3.77 Å². The summed E-state index contributed by atoms with van der Waals surface area (Å²) >= 11 is 0. The predicted octanol–water partition coefficient (Wildman–Crippen LogP) is 1.86. The lowest BCUT2D eigenvalue weighted by Gasteiger charge is -2.07. The monoisotopic (exact) mass is 312 g/mol. The molecule has 19 heavy (non-hydrogen) atoms. The standard InChI is InChI=1S/C9H7F3N2O3S2/c1-18(15,14-19(16,17)9(10,11)12)8-4-2-7(6-13)3-5-8/h2-5H,1H3. The van der Waals surface area contributed by atoms with Crippen LogP contribution in [0, 0.1) is 11.3 Å². The predicted molar refractivity (Wildman–Crippen MR) is 60.9 cm³/mol. The molecule has 1 aromatic rings. The van der Waals surface area contributed by atoms with Crippen LogP contribution in [0.15, 0.2) is 32.9 Å². The van der Waals surface area contributed by atoms with E-state index in [-0.39, 0.29) is 10.5 Å². The van der Waals surface area contributed by atoms with Gasteiger partial charge >= 0.3 is 15.5 Å². The molecular formula is C9H7F3N2O3S2. The molecule has 0 aliphatic rings. The Labute approximate surface area is 107 Å². The Hall–Kier alpha value is -1.60. The first-order valence-electron chi connectivity index (χ1n) is 4.54. The topological polar surface area (TPSA) is 87.4 Å². The van der Waals surface area contributed by atoms with Gasteiger partial charge in [-0.3, -0.25) is 0 Å². The molecule has 0 N–H and O–H groups in total. The van der Waals surface area contributed by atoms with Crippen LogP contribution in [-0.4, -0.2) is 24.4 Å². The van der Waals surface area contributed by atoms with Crippen molar-refractivity contribution in [3.8, 4) is 6.07 Å². The maximum atomic E-state index is 12.1. The third-order valence-corrected chi connectivity index (χ3v) is 5.61. The van der Waals surface area contributed by atoms with E-state index in [1.54, 1.807) is 6.07 Å². The van der Waals surface area contributed by atoms with Gasteiger partial charge in [0.1, 0.15) is 0 Å². The summed E-state index contributed by atoms with van der Waals surface area (Å²) in [6, 6.07) is 6.35. The van der Waals surface area contributed by atoms with Crippen molar-refractivity contribution >= 4 is 19.8 Å². The van der Waals surface area contributed by atoms with Gasteiger partial charge in [-0.2, -0.15) is 26.9 Å². The second kappa shape index (κ2) is 4.82. The van der Waals surface area contributed by atoms with E-state index < -0.39 is 25.3 Å². The summed E-state index contributed by atoms with van der Waals surface area (Å²) in [5, 5.41) is 8.54. The fourth-order valence-electron chi connectivity index (χ4n) is 1.05. The van der Waals surface area contributed by atoms with Gasteiger partial charge < -0.3 is 0 Å². The zero-order valence-corrected chi connectivity index (χ0v) is 11.0. The Morgan fingerprint density at radius 1 is 1.16 bits per heavy atom. The molecule has 104 valence electrons. The average molecular weight is 312 g/mol. The number of hydrogen-bond donors (Lipinski definition) is 0. The largest absolute Gasteiger partial charge is 0.519 e. The number of alkyl halides is 3. The molecule has 1 rings (SSSR count). The van der Waals surface area contributed by atoms with Crippen LogP contribution < -0.4 is 0 Å². The first kappa shape index (κ1) is 15.5. The first-order valence-corrected chi connectivity index (χ1v) is 7.91. The van der Waals surface area contributed by atoms with E-state index in [0.29, 0.717) is 0 Å². The quantitative estimate of drug-likeness (QED) is 0.834. The van der Waals surface area contributed by atoms with Crippen LogP contribution in [0.2, 0.25) is 0 Å². The lowest BCUT2D eigenvalue weighted by atomic mass is 10.2. The van der Waals surface area contributed by atoms with Gasteiger partial charge in [-0.25, -0.2) is 4.21 Å². The van der Waals surface area contributed by atoms with E-state index in [4.69, 9.17) is 5.26 Å². The number of sulfonamides is 1. The number of hydrogen-bond acceptors (Lipinski definition) is 4. The molecule has 0 amide bonds. The number of nitrogens with zero attached hydrogens (tertiary/aromatic N) is 2. The van der Waals surface area contributed by atoms with Gasteiger partial charge in [-0.1, -0.05) is 3.77 Å². The minimum Gasteiger partial charge on any atom is -0.244 e. The maximum Gasteiger partial charge on any atom is 0.519 e. The van der Waals surface area contributed by atoms with Crippen LogP contribution in [0.5, 0.6) is 0 Å². The maximum absolute atomic E-state index is 12.1. The van der Waals surface area contributed by atoms with E-state index in [1.165, 1.54) is 12.1 Å². The van der Waals surface area contributed by atoms with Crippen LogP contribution >= 0.6 is 0 Å². The summed E-state index contributed by atoms with van der Waals surface area (Å²) in [6.45, 7) is 0. The van der Waals surface area contributed by atoms with Crippen LogP contribution in [0.1, 0.15) is 5.56 Å². The second-order valence-corrected chi connectivity index (χ2v) is 7.52. The van der Waals surface area contributed by atoms with Gasteiger partial charge in [-0.05, 0) is 24.3 Å². The Balaban J connectivity index is 3.40. The molecule has 0 heterocycles. The normalized spacial score (nSPS) is 15.3. The third-order valence-electron chi connectivity index (χ3n) is 1.95. The Morgan fingerprint density at radius 2 is 1.63 bits per heavy atom. The van der Waals surface area contributed by atoms with Gasteiger partial charge in [0.15, 0.2) is 0 Å². The molecule has 0 saturated heterocycles. The number of halogens is 3. The van der Waals surface area contributed by atoms with Gasteiger partial charge in [-0.15, -0.1) is 0 Å². The van der Waals surface area contributed by atoms with Crippen molar-refractivity contribution in [2.75, 3.05) is 6.26 Å². The van der Waals surface area contributed by atoms with Gasteiger partial charge in [0, 0.05) is 11.2 Å². The summed E-state index contributed by atoms with van der Waals surface area (Å²) in [4.78, 5) is -0.209. The van der Waals surface area contributed by atoms with E-state index in [0.717, 1.165) is 18.4 Å². The molecule has 0 aliphatic heterocycles. The molecular weight excluding hydrogens is 305 g/mol. The highest BCUT2D eigenvalue weighted by atomic mass is 32.3. The molecule has 1 aromatic carbocycles. The summed E-state index contributed by atoms with van der Waals surface area (Å²) in [6.07, 6.45) is 0.775. The van der Waals surface area contributed by atoms with Crippen molar-refractivity contribution in [2.45, 2.75) is 10.4 Å². The number of nitriles is 1. The molecule has 1 unspecified atom stereocenters. The highest BCUT2D eigenvalue weighted by molar-refractivity contribution is 8.03. The Bertz CT molecular complexity index is 736. The molecule has 0 radical (unpaired) electrons. The molecule has 0 aliphatic carbocycles. The zero-order chi connectivity index (χ0) is 14.9. The molecule has 5 nitrogen and oxygen atoms in total. The minimum absolute atomic E-state index is 0.192. The second-order valence-electron chi connectivity index (χ2n) is 3.43. The number of benzene rings is 1. The minimum atomic E-state index is -5.83. The fraction of sp³-hybridized carbons (Fsp3) is 0.222. The summed E-state index contributed by atoms with van der Waals surface area (Å²) in [5.41, 5.74) is -5.41. The van der Waals surface area contributed by atoms with Gasteiger partial charge in [0.05, 0.1) is 21.4 Å². The Morgan fingerprint density at radius 3 is 2.00 bits per heavy atom. The summed E-state index contributed by atoms with van der Waals surface area (Å²) < 4.78 is 72.5. The Kier molecular flexibility index (Phi) is 3.92. The van der Waals surface area contributed by atoms with E-state index in [1.807, 2.05) is 0 Å². The fourth-order valence-corrected chi connectivity index (χ4v) is 3.88. The lowest BCUT2D eigenvalue weighted by Crippen LogP contribution is -2.22. The smallest absolute Gasteiger partial charge is 0.244 e. The molecule has 0 aromatic heterocycles. The first-order chi connectivity index (χ1) is 8.49. The molecule has 1 atom stereocenters. The summed E-state index contributed by atoms with van der Waals surface area (Å²) in [5.74, 6) is 0. The zero-order valence-electron chi connectivity index (χ0n) is 9.38. The van der Waals surface area contributed by atoms with Crippen molar-refractivity contribution in [3.63, 3.8) is 0 Å². The SMILES string of the molecule is CS(=O)(=NS(=O)(=O)C(F)(F)F)c1ccc(C#N)cc1. The average Bonchev–Trinajstić information content (AvgIpc) is 2.26. The highest BCUT2D eigenvalue weighted by Crippen LogP contribution is 2.27. The van der Waals surface area contributed by atoms with Crippen LogP contribution in [0.3, 0.4) is 0 Å². The summed E-state index contributed by atoms with van der Waals surface area (Å²) in [7, 11) is -9.60. The molecule has 10 heteroatoms. The third kappa shape index (κ3) is 3.45. The van der Waals surface area contributed by atoms with Crippen LogP contribution in [0.4, 0.5) is 13.2 Å². The van der Waals surface area contributed by atoms with Crippen molar-refractivity contribution in [1.82, 2.24) is 0 Å². The van der Waals surface area contributed by atoms with Crippen molar-refractivity contribution in [1.29, 1.82) is 5.26 Å². The highest BCUT2D eigenvalue weighted by Gasteiger charge is 2.47. The lowest BCUT2D eigenvalue weighted by molar-refractivity contribution is -0.0434. The van der Waals surface area contributed by atoms with Crippen molar-refractivity contribution < 1.29 is 25.8 Å². The molecule has 0 fully saturated rings. The van der Waals surface area contributed by atoms with E-state index >= 15 is 0 Å². The van der Waals surface area contributed by atoms with E-state index in [9.17, 15) is 25.8 Å². The van der Waals surface area contributed by atoms with Gasteiger partial charge in [0.25, 0.3) is 0 Å². The van der Waals surface area contributed by atoms with Crippen LogP contribution in [-0.2, 0) is 19.8 Å². The molecule has 0 saturated carbocycles. The van der Waals surface area contributed by atoms with Crippen LogP contribution in [0.25, 0.3) is 0 Å². The van der Waals surface area contributed by atoms with Gasteiger partial charge in [0.2, 0.25) is 0 Å². The van der Waals surface area contributed by atoms with Crippen molar-refractivity contribution in [3.05, 3.63) is 29.8 Å².